The first kappa shape index (κ1) is 19.4. The monoisotopic (exact) mass is 385 g/mol. The number of nitrogens with zero attached hydrogens (tertiary/aromatic N) is 3. The second-order valence-corrected chi connectivity index (χ2v) is 5.57. The van der Waals surface area contributed by atoms with E-state index in [1.807, 2.05) is 0 Å². The van der Waals surface area contributed by atoms with E-state index in [-0.39, 0.29) is 5.56 Å². The van der Waals surface area contributed by atoms with Gasteiger partial charge in [0.15, 0.2) is 0 Å². The normalized spacial score (nSPS) is 13.4. The lowest BCUT2D eigenvalue weighted by Gasteiger charge is -2.22. The van der Waals surface area contributed by atoms with E-state index in [0.717, 1.165) is 12.1 Å². The zero-order chi connectivity index (χ0) is 19.3. The molecule has 0 fully saturated rings. The van der Waals surface area contributed by atoms with Gasteiger partial charge >= 0.3 is 12.3 Å². The first-order chi connectivity index (χ1) is 12.2. The second kappa shape index (κ2) is 7.99. The van der Waals surface area contributed by atoms with Crippen LogP contribution < -0.4 is 4.74 Å². The van der Waals surface area contributed by atoms with E-state index in [4.69, 9.17) is 17.1 Å². The maximum absolute atomic E-state index is 12.5. The van der Waals surface area contributed by atoms with Gasteiger partial charge in [0.2, 0.25) is 0 Å². The number of carboxylic acids is 1. The van der Waals surface area contributed by atoms with E-state index in [0.29, 0.717) is 10.6 Å². The van der Waals surface area contributed by atoms with Crippen LogP contribution in [0.15, 0.2) is 53.6 Å². The molecule has 136 valence electrons. The minimum Gasteiger partial charge on any atom is -0.481 e. The highest BCUT2D eigenvalue weighted by Crippen LogP contribution is 2.34. The molecule has 10 heteroatoms. The summed E-state index contributed by atoms with van der Waals surface area (Å²) in [5, 5.41) is 13.1. The third-order valence-electron chi connectivity index (χ3n) is 3.42. The molecule has 0 spiro atoms. The number of aliphatic carboxylic acids is 1. The van der Waals surface area contributed by atoms with E-state index in [2.05, 4.69) is 14.8 Å². The first-order valence-electron chi connectivity index (χ1n) is 7.09. The highest BCUT2D eigenvalue weighted by Gasteiger charge is 2.33. The van der Waals surface area contributed by atoms with Crippen LogP contribution >= 0.6 is 11.6 Å². The van der Waals surface area contributed by atoms with Gasteiger partial charge in [0.05, 0.1) is 0 Å². The Balaban J connectivity index is 2.56. The Kier molecular flexibility index (Phi) is 5.97. The second-order valence-electron chi connectivity index (χ2n) is 5.14. The molecule has 0 saturated carbocycles. The lowest BCUT2D eigenvalue weighted by Crippen LogP contribution is -2.27. The van der Waals surface area contributed by atoms with Crippen molar-refractivity contribution < 1.29 is 27.8 Å². The van der Waals surface area contributed by atoms with Gasteiger partial charge < -0.3 is 9.84 Å². The Labute approximate surface area is 150 Å². The van der Waals surface area contributed by atoms with Crippen LogP contribution in [0.4, 0.5) is 13.2 Å². The van der Waals surface area contributed by atoms with Crippen LogP contribution in [0.2, 0.25) is 5.02 Å². The van der Waals surface area contributed by atoms with E-state index in [1.54, 1.807) is 0 Å². The summed E-state index contributed by atoms with van der Waals surface area (Å²) in [6.45, 7) is 0. The summed E-state index contributed by atoms with van der Waals surface area (Å²) in [7, 11) is 0. The minimum atomic E-state index is -4.90. The Hall–Kier alpha value is -2.90. The number of rotatable bonds is 6. The summed E-state index contributed by atoms with van der Waals surface area (Å²) in [6, 6.07) is 9.26. The molecule has 0 amide bonds. The highest BCUT2D eigenvalue weighted by atomic mass is 35.5. The molecule has 6 nitrogen and oxygen atoms in total. The van der Waals surface area contributed by atoms with Gasteiger partial charge in [0.1, 0.15) is 11.8 Å². The number of carbonyl (C=O) groups is 1. The van der Waals surface area contributed by atoms with Crippen molar-refractivity contribution in [2.75, 3.05) is 0 Å². The smallest absolute Gasteiger partial charge is 0.481 e. The number of halogens is 4. The van der Waals surface area contributed by atoms with Crippen LogP contribution in [0.1, 0.15) is 17.0 Å². The van der Waals surface area contributed by atoms with E-state index < -0.39 is 30.0 Å². The number of hydrogen-bond donors (Lipinski definition) is 1. The van der Waals surface area contributed by atoms with E-state index in [9.17, 15) is 23.1 Å². The van der Waals surface area contributed by atoms with Crippen molar-refractivity contribution in [3.05, 3.63) is 75.1 Å². The standard InChI is InChI=1S/C16H11ClF3N3O3/c17-11-6-4-9(5-7-11)13(14(15(24)25)22-23-21)10-2-1-3-12(8-10)26-16(18,19)20/h1-8,13-14H,(H,24,25)/t13-,14?/m0/s1. The van der Waals surface area contributed by atoms with Crippen LogP contribution in [-0.4, -0.2) is 23.5 Å². The Morgan fingerprint density at radius 1 is 1.19 bits per heavy atom. The molecule has 0 bridgehead atoms. The molecule has 2 atom stereocenters. The minimum absolute atomic E-state index is 0.175. The molecular weight excluding hydrogens is 375 g/mol. The predicted octanol–water partition coefficient (Wildman–Crippen LogP) is 5.13. The Morgan fingerprint density at radius 2 is 1.85 bits per heavy atom. The predicted molar refractivity (Wildman–Crippen MR) is 87.0 cm³/mol. The molecule has 0 aliphatic carbocycles. The zero-order valence-corrected chi connectivity index (χ0v) is 13.6. The van der Waals surface area contributed by atoms with Crippen LogP contribution in [0.3, 0.4) is 0 Å². The molecule has 0 saturated heterocycles. The summed E-state index contributed by atoms with van der Waals surface area (Å²) < 4.78 is 41.2. The Morgan fingerprint density at radius 3 is 2.38 bits per heavy atom. The van der Waals surface area contributed by atoms with Gasteiger partial charge in [0.25, 0.3) is 0 Å². The fourth-order valence-corrected chi connectivity index (χ4v) is 2.57. The summed E-state index contributed by atoms with van der Waals surface area (Å²) in [6.07, 6.45) is -4.90. The lowest BCUT2D eigenvalue weighted by molar-refractivity contribution is -0.274. The van der Waals surface area contributed by atoms with E-state index >= 15 is 0 Å². The van der Waals surface area contributed by atoms with Crippen molar-refractivity contribution in [1.82, 2.24) is 0 Å². The summed E-state index contributed by atoms with van der Waals surface area (Å²) >= 11 is 5.82. The third-order valence-corrected chi connectivity index (χ3v) is 3.68. The molecule has 26 heavy (non-hydrogen) atoms. The SMILES string of the molecule is [N-]=[N+]=NC(C(=O)O)[C@@H](c1ccc(Cl)cc1)c1cccc(OC(F)(F)F)c1. The quantitative estimate of drug-likeness (QED) is 0.424. The van der Waals surface area contributed by atoms with Gasteiger partial charge in [-0.3, -0.25) is 4.79 Å². The average Bonchev–Trinajstić information content (AvgIpc) is 2.54. The molecular formula is C16H11ClF3N3O3. The number of hydrogen-bond acceptors (Lipinski definition) is 3. The number of ether oxygens (including phenoxy) is 1. The van der Waals surface area contributed by atoms with Crippen LogP contribution in [0.25, 0.3) is 10.4 Å². The molecule has 0 aromatic heterocycles. The number of benzene rings is 2. The fourth-order valence-electron chi connectivity index (χ4n) is 2.45. The van der Waals surface area contributed by atoms with Gasteiger partial charge in [0, 0.05) is 15.9 Å². The molecule has 1 N–H and O–H groups in total. The average molecular weight is 386 g/mol. The summed E-state index contributed by atoms with van der Waals surface area (Å²) in [4.78, 5) is 14.1. The summed E-state index contributed by atoms with van der Waals surface area (Å²) in [5.74, 6) is -2.98. The van der Waals surface area contributed by atoms with Gasteiger partial charge in [-0.1, -0.05) is 41.0 Å². The van der Waals surface area contributed by atoms with Crippen LogP contribution in [0, 0.1) is 0 Å². The zero-order valence-electron chi connectivity index (χ0n) is 12.9. The van der Waals surface area contributed by atoms with Gasteiger partial charge in [-0.15, -0.1) is 13.2 Å². The molecule has 0 heterocycles. The molecule has 0 aliphatic heterocycles. The van der Waals surface area contributed by atoms with Crippen molar-refractivity contribution in [3.63, 3.8) is 0 Å². The third kappa shape index (κ3) is 5.05. The molecule has 0 radical (unpaired) electrons. The van der Waals surface area contributed by atoms with Gasteiger partial charge in [-0.05, 0) is 40.9 Å². The van der Waals surface area contributed by atoms with Crippen molar-refractivity contribution >= 4 is 17.6 Å². The van der Waals surface area contributed by atoms with Crippen LogP contribution in [-0.2, 0) is 4.79 Å². The van der Waals surface area contributed by atoms with Crippen molar-refractivity contribution in [3.8, 4) is 5.75 Å². The number of carboxylic acid groups (broad SMARTS) is 1. The van der Waals surface area contributed by atoms with Gasteiger partial charge in [-0.2, -0.15) is 0 Å². The van der Waals surface area contributed by atoms with Crippen molar-refractivity contribution in [2.45, 2.75) is 18.3 Å². The molecule has 0 aliphatic rings. The highest BCUT2D eigenvalue weighted by molar-refractivity contribution is 6.30. The summed E-state index contributed by atoms with van der Waals surface area (Å²) in [5.41, 5.74) is 9.26. The molecule has 2 rings (SSSR count). The number of alkyl halides is 3. The fraction of sp³-hybridized carbons (Fsp3) is 0.188. The Bertz CT molecular complexity index is 835. The topological polar surface area (TPSA) is 95.3 Å². The van der Waals surface area contributed by atoms with E-state index in [1.165, 1.54) is 36.4 Å². The molecule has 2 aromatic carbocycles. The largest absolute Gasteiger partial charge is 0.573 e. The molecule has 1 unspecified atom stereocenters. The maximum Gasteiger partial charge on any atom is 0.573 e. The van der Waals surface area contributed by atoms with Gasteiger partial charge in [-0.25, -0.2) is 0 Å². The molecule has 2 aromatic rings. The first-order valence-corrected chi connectivity index (χ1v) is 7.47. The number of azide groups is 1. The van der Waals surface area contributed by atoms with Crippen molar-refractivity contribution in [1.29, 1.82) is 0 Å². The van der Waals surface area contributed by atoms with Crippen molar-refractivity contribution in [2.24, 2.45) is 5.11 Å². The maximum atomic E-state index is 12.5. The van der Waals surface area contributed by atoms with Crippen LogP contribution in [0.5, 0.6) is 5.75 Å². The lowest BCUT2D eigenvalue weighted by atomic mass is 9.85.